The van der Waals surface area contributed by atoms with E-state index in [1.807, 2.05) is 19.9 Å². The van der Waals surface area contributed by atoms with E-state index in [0.29, 0.717) is 12.1 Å². The highest BCUT2D eigenvalue weighted by atomic mass is 15.3. The summed E-state index contributed by atoms with van der Waals surface area (Å²) >= 11 is 0. The van der Waals surface area contributed by atoms with Crippen molar-refractivity contribution in [3.05, 3.63) is 34.7 Å². The second-order valence-corrected chi connectivity index (χ2v) is 5.73. The molecule has 2 aromatic heterocycles. The maximum atomic E-state index is 9.31. The van der Waals surface area contributed by atoms with Crippen LogP contribution in [0.15, 0.2) is 6.07 Å². The molecule has 0 saturated carbocycles. The van der Waals surface area contributed by atoms with E-state index in [-0.39, 0.29) is 0 Å². The number of hydrogen-bond donors (Lipinski definition) is 1. The summed E-state index contributed by atoms with van der Waals surface area (Å²) in [6.45, 7) is 5.35. The molecule has 1 N–H and O–H groups in total. The van der Waals surface area contributed by atoms with Gasteiger partial charge in [0.1, 0.15) is 11.9 Å². The van der Waals surface area contributed by atoms with Gasteiger partial charge in [-0.05, 0) is 32.8 Å². The molecular weight excluding hydrogens is 276 g/mol. The Bertz CT molecular complexity index is 725. The van der Waals surface area contributed by atoms with E-state index >= 15 is 0 Å². The lowest BCUT2D eigenvalue weighted by Crippen LogP contribution is -2.11. The molecule has 1 aliphatic heterocycles. The van der Waals surface area contributed by atoms with Gasteiger partial charge in [0.2, 0.25) is 0 Å². The summed E-state index contributed by atoms with van der Waals surface area (Å²) in [6.07, 6.45) is 4.61. The number of anilines is 1. The number of nitrogens with one attached hydrogen (secondary N) is 1. The predicted octanol–water partition coefficient (Wildman–Crippen LogP) is 2.50. The number of nitriles is 1. The van der Waals surface area contributed by atoms with Crippen LogP contribution in [0.4, 0.5) is 5.69 Å². The van der Waals surface area contributed by atoms with Crippen molar-refractivity contribution in [2.75, 3.05) is 5.32 Å². The molecule has 22 heavy (non-hydrogen) atoms. The number of hydrogen-bond acceptors (Lipinski definition) is 5. The van der Waals surface area contributed by atoms with Crippen LogP contribution in [0.2, 0.25) is 0 Å². The Balaban J connectivity index is 1.82. The van der Waals surface area contributed by atoms with E-state index in [9.17, 15) is 5.26 Å². The van der Waals surface area contributed by atoms with Gasteiger partial charge in [0.25, 0.3) is 0 Å². The molecule has 6 heteroatoms. The first-order chi connectivity index (χ1) is 10.7. The van der Waals surface area contributed by atoms with Gasteiger partial charge in [0.05, 0.1) is 23.5 Å². The van der Waals surface area contributed by atoms with Crippen LogP contribution in [-0.2, 0) is 19.5 Å². The van der Waals surface area contributed by atoms with Crippen molar-refractivity contribution in [1.29, 1.82) is 5.26 Å². The summed E-state index contributed by atoms with van der Waals surface area (Å²) in [4.78, 5) is 4.34. The monoisotopic (exact) mass is 296 g/mol. The summed E-state index contributed by atoms with van der Waals surface area (Å²) in [7, 11) is 0. The number of pyridine rings is 1. The van der Waals surface area contributed by atoms with Crippen molar-refractivity contribution in [3.8, 4) is 6.07 Å². The van der Waals surface area contributed by atoms with Crippen LogP contribution in [0.5, 0.6) is 0 Å². The van der Waals surface area contributed by atoms with Gasteiger partial charge >= 0.3 is 0 Å². The Morgan fingerprint density at radius 2 is 2.14 bits per heavy atom. The van der Waals surface area contributed by atoms with Gasteiger partial charge in [-0.3, -0.25) is 4.98 Å². The largest absolute Gasteiger partial charge is 0.377 e. The van der Waals surface area contributed by atoms with Crippen LogP contribution < -0.4 is 5.32 Å². The Labute approximate surface area is 130 Å². The molecule has 3 heterocycles. The highest BCUT2D eigenvalue weighted by Crippen LogP contribution is 2.20. The lowest BCUT2D eigenvalue weighted by molar-refractivity contribution is 0.610. The molecule has 6 nitrogen and oxygen atoms in total. The molecule has 0 saturated heterocycles. The molecule has 1 aliphatic rings. The van der Waals surface area contributed by atoms with Crippen molar-refractivity contribution in [2.45, 2.75) is 52.6 Å². The van der Waals surface area contributed by atoms with E-state index in [0.717, 1.165) is 41.7 Å². The van der Waals surface area contributed by atoms with E-state index in [2.05, 4.69) is 31.1 Å². The fourth-order valence-electron chi connectivity index (χ4n) is 2.96. The van der Waals surface area contributed by atoms with Crippen molar-refractivity contribution in [1.82, 2.24) is 19.7 Å². The van der Waals surface area contributed by atoms with E-state index in [4.69, 9.17) is 0 Å². The zero-order chi connectivity index (χ0) is 15.5. The Kier molecular flexibility index (Phi) is 4.05. The molecular formula is C16H20N6. The standard InChI is InChI=1S/C16H20N6/c1-11-8-14(13(9-17)12(2)19-11)18-10-16-21-20-15-6-4-3-5-7-22(15)16/h8H,3-7,10H2,1-2H3,(H,18,19). The molecule has 0 unspecified atom stereocenters. The normalized spacial score (nSPS) is 14.0. The van der Waals surface area contributed by atoms with Gasteiger partial charge in [-0.1, -0.05) is 6.42 Å². The number of aromatic nitrogens is 4. The average Bonchev–Trinajstić information content (AvgIpc) is 2.72. The summed E-state index contributed by atoms with van der Waals surface area (Å²) in [6, 6.07) is 4.13. The third-order valence-corrected chi connectivity index (χ3v) is 4.06. The summed E-state index contributed by atoms with van der Waals surface area (Å²) < 4.78 is 2.22. The maximum Gasteiger partial charge on any atom is 0.152 e. The van der Waals surface area contributed by atoms with Gasteiger partial charge in [0, 0.05) is 18.7 Å². The Morgan fingerprint density at radius 1 is 1.27 bits per heavy atom. The van der Waals surface area contributed by atoms with Crippen LogP contribution in [0, 0.1) is 25.2 Å². The van der Waals surface area contributed by atoms with Crippen LogP contribution >= 0.6 is 0 Å². The highest BCUT2D eigenvalue weighted by Gasteiger charge is 2.15. The fourth-order valence-corrected chi connectivity index (χ4v) is 2.96. The third-order valence-electron chi connectivity index (χ3n) is 4.06. The summed E-state index contributed by atoms with van der Waals surface area (Å²) in [5.41, 5.74) is 3.07. The van der Waals surface area contributed by atoms with Crippen LogP contribution in [0.3, 0.4) is 0 Å². The average molecular weight is 296 g/mol. The number of rotatable bonds is 3. The van der Waals surface area contributed by atoms with Gasteiger partial charge < -0.3 is 9.88 Å². The molecule has 0 aliphatic carbocycles. The topological polar surface area (TPSA) is 79.4 Å². The van der Waals surface area contributed by atoms with Crippen molar-refractivity contribution >= 4 is 5.69 Å². The Hall–Kier alpha value is -2.42. The zero-order valence-corrected chi connectivity index (χ0v) is 13.1. The Morgan fingerprint density at radius 3 is 2.95 bits per heavy atom. The molecule has 114 valence electrons. The first-order valence-electron chi connectivity index (χ1n) is 7.72. The smallest absolute Gasteiger partial charge is 0.152 e. The van der Waals surface area contributed by atoms with Gasteiger partial charge in [0.15, 0.2) is 5.82 Å². The molecule has 0 fully saturated rings. The van der Waals surface area contributed by atoms with E-state index in [1.54, 1.807) is 0 Å². The number of nitrogens with zero attached hydrogens (tertiary/aromatic N) is 5. The van der Waals surface area contributed by atoms with Gasteiger partial charge in [-0.15, -0.1) is 10.2 Å². The number of aryl methyl sites for hydroxylation is 3. The van der Waals surface area contributed by atoms with Crippen LogP contribution in [0.1, 0.15) is 47.9 Å². The molecule has 0 amide bonds. The zero-order valence-electron chi connectivity index (χ0n) is 13.1. The first kappa shape index (κ1) is 14.5. The molecule has 0 aromatic carbocycles. The van der Waals surface area contributed by atoms with Gasteiger partial charge in [-0.2, -0.15) is 5.26 Å². The third kappa shape index (κ3) is 2.80. The number of fused-ring (bicyclic) bond motifs is 1. The van der Waals surface area contributed by atoms with Crippen molar-refractivity contribution in [3.63, 3.8) is 0 Å². The molecule has 0 radical (unpaired) electrons. The van der Waals surface area contributed by atoms with Gasteiger partial charge in [-0.25, -0.2) is 0 Å². The van der Waals surface area contributed by atoms with E-state index in [1.165, 1.54) is 19.3 Å². The highest BCUT2D eigenvalue weighted by molar-refractivity contribution is 5.59. The minimum absolute atomic E-state index is 0.574. The summed E-state index contributed by atoms with van der Waals surface area (Å²) in [5.74, 6) is 2.02. The lowest BCUT2D eigenvalue weighted by Gasteiger charge is -2.12. The second kappa shape index (κ2) is 6.14. The SMILES string of the molecule is Cc1cc(NCc2nnc3n2CCCCC3)c(C#N)c(C)n1. The van der Waals surface area contributed by atoms with Crippen LogP contribution in [0.25, 0.3) is 0 Å². The minimum atomic E-state index is 0.574. The minimum Gasteiger partial charge on any atom is -0.377 e. The fraction of sp³-hybridized carbons (Fsp3) is 0.500. The molecule has 0 spiro atoms. The van der Waals surface area contributed by atoms with Crippen LogP contribution in [-0.4, -0.2) is 19.7 Å². The molecule has 3 rings (SSSR count). The maximum absolute atomic E-state index is 9.31. The van der Waals surface area contributed by atoms with Crippen molar-refractivity contribution in [2.24, 2.45) is 0 Å². The predicted molar refractivity (Wildman–Crippen MR) is 83.3 cm³/mol. The second-order valence-electron chi connectivity index (χ2n) is 5.73. The van der Waals surface area contributed by atoms with E-state index < -0.39 is 0 Å². The quantitative estimate of drug-likeness (QED) is 0.941. The molecule has 0 atom stereocenters. The van der Waals surface area contributed by atoms with Crippen molar-refractivity contribution < 1.29 is 0 Å². The summed E-state index contributed by atoms with van der Waals surface area (Å²) in [5, 5.41) is 21.3. The molecule has 0 bridgehead atoms. The molecule has 2 aromatic rings. The first-order valence-corrected chi connectivity index (χ1v) is 7.72. The lowest BCUT2D eigenvalue weighted by atomic mass is 10.1.